The van der Waals surface area contributed by atoms with Gasteiger partial charge in [0, 0.05) is 12.6 Å². The average Bonchev–Trinajstić information content (AvgIpc) is 2.36. The van der Waals surface area contributed by atoms with Gasteiger partial charge in [0.25, 0.3) is 0 Å². The first-order chi connectivity index (χ1) is 8.69. The summed E-state index contributed by atoms with van der Waals surface area (Å²) in [6, 6.07) is 0.163. The van der Waals surface area contributed by atoms with E-state index < -0.39 is 0 Å². The number of hydrogen-bond acceptors (Lipinski definition) is 7. The highest BCUT2D eigenvalue weighted by Gasteiger charge is 2.09. The van der Waals surface area contributed by atoms with E-state index in [9.17, 15) is 0 Å². The number of aliphatic hydroxyl groups excluding tert-OH is 1. The Morgan fingerprint density at radius 2 is 1.94 bits per heavy atom. The van der Waals surface area contributed by atoms with Crippen molar-refractivity contribution in [2.45, 2.75) is 33.2 Å². The van der Waals surface area contributed by atoms with Crippen molar-refractivity contribution in [2.24, 2.45) is 0 Å². The first kappa shape index (κ1) is 14.4. The Balaban J connectivity index is 2.83. The second-order valence-electron chi connectivity index (χ2n) is 3.87. The highest BCUT2D eigenvalue weighted by Crippen LogP contribution is 2.12. The van der Waals surface area contributed by atoms with Crippen LogP contribution in [0.1, 0.15) is 27.2 Å². The molecule has 0 amide bonds. The van der Waals surface area contributed by atoms with E-state index >= 15 is 0 Å². The third kappa shape index (κ3) is 4.70. The van der Waals surface area contributed by atoms with E-state index in [1.54, 1.807) is 0 Å². The normalized spacial score (nSPS) is 12.0. The van der Waals surface area contributed by atoms with E-state index in [4.69, 9.17) is 9.84 Å². The molecule has 0 radical (unpaired) electrons. The maximum absolute atomic E-state index is 9.00. The van der Waals surface area contributed by atoms with Crippen molar-refractivity contribution >= 4 is 11.9 Å². The minimum Gasteiger partial charge on any atom is -0.463 e. The predicted octanol–water partition coefficient (Wildman–Crippen LogP) is 0.885. The van der Waals surface area contributed by atoms with E-state index in [0.717, 1.165) is 6.42 Å². The Kier molecular flexibility index (Phi) is 6.13. The molecule has 0 saturated carbocycles. The molecule has 7 heteroatoms. The summed E-state index contributed by atoms with van der Waals surface area (Å²) in [6.07, 6.45) is 0.887. The van der Waals surface area contributed by atoms with Crippen LogP contribution in [0.2, 0.25) is 0 Å². The molecule has 1 unspecified atom stereocenters. The van der Waals surface area contributed by atoms with E-state index in [1.807, 2.05) is 20.8 Å². The highest BCUT2D eigenvalue weighted by molar-refractivity contribution is 5.36. The molecule has 0 aliphatic heterocycles. The predicted molar refractivity (Wildman–Crippen MR) is 69.9 cm³/mol. The number of ether oxygens (including phenoxy) is 1. The molecule has 102 valence electrons. The molecule has 0 aromatic carbocycles. The van der Waals surface area contributed by atoms with E-state index in [0.29, 0.717) is 25.0 Å². The summed E-state index contributed by atoms with van der Waals surface area (Å²) < 4.78 is 5.39. The maximum Gasteiger partial charge on any atom is 0.323 e. The summed E-state index contributed by atoms with van der Waals surface area (Å²) >= 11 is 0. The third-order valence-electron chi connectivity index (χ3n) is 2.03. The smallest absolute Gasteiger partial charge is 0.323 e. The molecule has 0 bridgehead atoms. The molecule has 0 fully saturated rings. The Morgan fingerprint density at radius 1 is 1.22 bits per heavy atom. The molecule has 0 spiro atoms. The van der Waals surface area contributed by atoms with Gasteiger partial charge in [-0.15, -0.1) is 0 Å². The molecule has 1 heterocycles. The van der Waals surface area contributed by atoms with Gasteiger partial charge in [-0.3, -0.25) is 0 Å². The molecular weight excluding hydrogens is 234 g/mol. The van der Waals surface area contributed by atoms with Gasteiger partial charge in [0.05, 0.1) is 13.2 Å². The van der Waals surface area contributed by atoms with Crippen LogP contribution in [-0.4, -0.2) is 45.9 Å². The molecular formula is C11H21N5O2. The van der Waals surface area contributed by atoms with Crippen molar-refractivity contribution in [3.8, 4) is 6.01 Å². The Labute approximate surface area is 107 Å². The van der Waals surface area contributed by atoms with E-state index in [2.05, 4.69) is 25.6 Å². The van der Waals surface area contributed by atoms with Gasteiger partial charge < -0.3 is 20.5 Å². The standard InChI is InChI=1S/C11H21N5O2/c1-4-6-18-11-15-9(12-5-2)14-10(16-11)13-8(3)7-17/h8,17H,4-7H2,1-3H3,(H2,12,13,14,15,16). The van der Waals surface area contributed by atoms with Crippen molar-refractivity contribution < 1.29 is 9.84 Å². The number of nitrogens with one attached hydrogen (secondary N) is 2. The summed E-state index contributed by atoms with van der Waals surface area (Å²) in [7, 11) is 0. The van der Waals surface area contributed by atoms with Crippen LogP contribution in [0.15, 0.2) is 0 Å². The zero-order valence-corrected chi connectivity index (χ0v) is 11.1. The minimum absolute atomic E-state index is 0.00731. The monoisotopic (exact) mass is 255 g/mol. The number of nitrogens with zero attached hydrogens (tertiary/aromatic N) is 3. The summed E-state index contributed by atoms with van der Waals surface area (Å²) in [5, 5.41) is 15.0. The van der Waals surface area contributed by atoms with Crippen molar-refractivity contribution in [1.82, 2.24) is 15.0 Å². The molecule has 18 heavy (non-hydrogen) atoms. The van der Waals surface area contributed by atoms with Crippen LogP contribution in [0.4, 0.5) is 11.9 Å². The third-order valence-corrected chi connectivity index (χ3v) is 2.03. The Bertz CT molecular complexity index is 361. The number of aliphatic hydroxyl groups is 1. The van der Waals surface area contributed by atoms with Gasteiger partial charge in [-0.05, 0) is 20.3 Å². The van der Waals surface area contributed by atoms with Gasteiger partial charge in [-0.1, -0.05) is 6.92 Å². The summed E-state index contributed by atoms with van der Waals surface area (Å²) in [4.78, 5) is 12.5. The van der Waals surface area contributed by atoms with Gasteiger partial charge in [-0.25, -0.2) is 0 Å². The Morgan fingerprint density at radius 3 is 2.56 bits per heavy atom. The zero-order valence-electron chi connectivity index (χ0n) is 11.1. The number of hydrogen-bond donors (Lipinski definition) is 3. The SMILES string of the molecule is CCCOc1nc(NCC)nc(NC(C)CO)n1. The number of aromatic nitrogens is 3. The fourth-order valence-corrected chi connectivity index (χ4v) is 1.18. The van der Waals surface area contributed by atoms with Crippen LogP contribution < -0.4 is 15.4 Å². The fraction of sp³-hybridized carbons (Fsp3) is 0.727. The topological polar surface area (TPSA) is 92.2 Å². The van der Waals surface area contributed by atoms with Crippen molar-refractivity contribution in [1.29, 1.82) is 0 Å². The largest absolute Gasteiger partial charge is 0.463 e. The fourth-order valence-electron chi connectivity index (χ4n) is 1.18. The molecule has 0 aliphatic rings. The maximum atomic E-state index is 9.00. The van der Waals surface area contributed by atoms with Gasteiger partial charge in [0.2, 0.25) is 11.9 Å². The Hall–Kier alpha value is -1.63. The molecule has 0 aliphatic carbocycles. The highest BCUT2D eigenvalue weighted by atomic mass is 16.5. The van der Waals surface area contributed by atoms with Crippen LogP contribution in [0.3, 0.4) is 0 Å². The summed E-state index contributed by atoms with van der Waals surface area (Å²) in [5.74, 6) is 0.861. The molecule has 1 atom stereocenters. The molecule has 0 saturated heterocycles. The first-order valence-electron chi connectivity index (χ1n) is 6.19. The van der Waals surface area contributed by atoms with Gasteiger partial charge in [0.1, 0.15) is 0 Å². The lowest BCUT2D eigenvalue weighted by atomic mass is 10.4. The lowest BCUT2D eigenvalue weighted by Gasteiger charge is -2.12. The molecule has 3 N–H and O–H groups in total. The van der Waals surface area contributed by atoms with Crippen LogP contribution in [0.25, 0.3) is 0 Å². The van der Waals surface area contributed by atoms with Crippen molar-refractivity contribution in [3.63, 3.8) is 0 Å². The van der Waals surface area contributed by atoms with Crippen molar-refractivity contribution in [2.75, 3.05) is 30.4 Å². The van der Waals surface area contributed by atoms with Crippen LogP contribution in [0, 0.1) is 0 Å². The van der Waals surface area contributed by atoms with E-state index in [1.165, 1.54) is 0 Å². The first-order valence-corrected chi connectivity index (χ1v) is 6.19. The van der Waals surface area contributed by atoms with E-state index in [-0.39, 0.29) is 18.7 Å². The molecule has 1 aromatic rings. The molecule has 1 aromatic heterocycles. The lowest BCUT2D eigenvalue weighted by molar-refractivity contribution is 0.279. The second-order valence-corrected chi connectivity index (χ2v) is 3.87. The van der Waals surface area contributed by atoms with Crippen molar-refractivity contribution in [3.05, 3.63) is 0 Å². The molecule has 7 nitrogen and oxygen atoms in total. The van der Waals surface area contributed by atoms with Gasteiger partial charge in [-0.2, -0.15) is 15.0 Å². The van der Waals surface area contributed by atoms with Gasteiger partial charge >= 0.3 is 6.01 Å². The van der Waals surface area contributed by atoms with Gasteiger partial charge in [0.15, 0.2) is 0 Å². The number of anilines is 2. The molecule has 1 rings (SSSR count). The summed E-state index contributed by atoms with van der Waals surface area (Å²) in [6.45, 7) is 7.09. The van der Waals surface area contributed by atoms with Crippen LogP contribution in [-0.2, 0) is 0 Å². The second kappa shape index (κ2) is 7.65. The average molecular weight is 255 g/mol. The van der Waals surface area contributed by atoms with Crippen LogP contribution in [0.5, 0.6) is 6.01 Å². The van der Waals surface area contributed by atoms with Crippen LogP contribution >= 0.6 is 0 Å². The quantitative estimate of drug-likeness (QED) is 0.635. The number of rotatable bonds is 8. The summed E-state index contributed by atoms with van der Waals surface area (Å²) in [5.41, 5.74) is 0. The zero-order chi connectivity index (χ0) is 13.4. The minimum atomic E-state index is -0.124. The lowest BCUT2D eigenvalue weighted by Crippen LogP contribution is -2.22.